The lowest BCUT2D eigenvalue weighted by Crippen LogP contribution is -1.80. The van der Waals surface area contributed by atoms with Crippen LogP contribution in [0.5, 0.6) is 0 Å². The third-order valence-corrected chi connectivity index (χ3v) is 1.31. The van der Waals surface area contributed by atoms with Crippen molar-refractivity contribution in [3.63, 3.8) is 0 Å². The van der Waals surface area contributed by atoms with Gasteiger partial charge in [0.2, 0.25) is 0 Å². The van der Waals surface area contributed by atoms with Crippen LogP contribution in [0.2, 0.25) is 0 Å². The van der Waals surface area contributed by atoms with Crippen molar-refractivity contribution in [2.75, 3.05) is 0 Å². The van der Waals surface area contributed by atoms with Gasteiger partial charge in [-0.25, -0.2) is 4.98 Å². The number of aromatic nitrogens is 2. The van der Waals surface area contributed by atoms with Crippen LogP contribution in [0.3, 0.4) is 0 Å². The van der Waals surface area contributed by atoms with Crippen molar-refractivity contribution < 1.29 is 0 Å². The van der Waals surface area contributed by atoms with Crippen molar-refractivity contribution in [2.24, 2.45) is 0 Å². The first kappa shape index (κ1) is 4.56. The van der Waals surface area contributed by atoms with Crippen molar-refractivity contribution in [3.05, 3.63) is 30.7 Å². The zero-order valence-corrected chi connectivity index (χ0v) is 4.76. The zero-order valence-electron chi connectivity index (χ0n) is 4.76. The molecule has 0 saturated heterocycles. The number of hydrogen-bond acceptors (Lipinski definition) is 1. The summed E-state index contributed by atoms with van der Waals surface area (Å²) in [5.74, 6) is 0. The summed E-state index contributed by atoms with van der Waals surface area (Å²) < 4.78 is 0. The average molecular weight is 117 g/mol. The van der Waals surface area contributed by atoms with Crippen molar-refractivity contribution in [3.8, 4) is 11.3 Å². The molecule has 9 heavy (non-hydrogen) atoms. The number of nitrogens with zero attached hydrogens (tertiary/aromatic N) is 1. The number of aromatic amines is 1. The Morgan fingerprint density at radius 1 is 1.44 bits per heavy atom. The fraction of sp³-hybridized carbons (Fsp3) is 0. The van der Waals surface area contributed by atoms with Crippen LogP contribution in [0, 0.1) is 6.33 Å². The minimum Gasteiger partial charge on any atom is -0.337 e. The topological polar surface area (TPSA) is 28.7 Å². The summed E-state index contributed by atoms with van der Waals surface area (Å²) in [6.07, 6.45) is 4.43. The Balaban J connectivity index is 2.79. The summed E-state index contributed by atoms with van der Waals surface area (Å²) in [4.78, 5) is 6.70. The van der Waals surface area contributed by atoms with E-state index in [1.165, 1.54) is 0 Å². The van der Waals surface area contributed by atoms with Gasteiger partial charge in [0.15, 0.2) is 6.33 Å². The number of H-pyrrole nitrogens is 1. The van der Waals surface area contributed by atoms with E-state index in [2.05, 4.69) is 16.3 Å². The Kier molecular flexibility index (Phi) is 0.803. The average Bonchev–Trinajstić information content (AvgIpc) is 2.33. The van der Waals surface area contributed by atoms with Gasteiger partial charge in [-0.15, -0.1) is 0 Å². The molecule has 2 nitrogen and oxygen atoms in total. The molecule has 0 aromatic rings. The van der Waals surface area contributed by atoms with E-state index in [9.17, 15) is 0 Å². The summed E-state index contributed by atoms with van der Waals surface area (Å²) in [7, 11) is 0. The van der Waals surface area contributed by atoms with E-state index in [1.807, 2.05) is 18.2 Å². The van der Waals surface area contributed by atoms with Gasteiger partial charge >= 0.3 is 0 Å². The Morgan fingerprint density at radius 3 is 3.33 bits per heavy atom. The van der Waals surface area contributed by atoms with Crippen LogP contribution < -0.4 is 0 Å². The molecule has 1 radical (unpaired) electrons. The molecule has 1 aliphatic heterocycles. The molecule has 0 aromatic carbocycles. The maximum Gasteiger partial charge on any atom is 0.173 e. The number of nitrogens with one attached hydrogen (secondary N) is 1. The van der Waals surface area contributed by atoms with Crippen LogP contribution in [0.1, 0.15) is 0 Å². The molecule has 2 heteroatoms. The van der Waals surface area contributed by atoms with Gasteiger partial charge in [-0.3, -0.25) is 0 Å². The van der Waals surface area contributed by atoms with Crippen LogP contribution in [0.4, 0.5) is 0 Å². The summed E-state index contributed by atoms with van der Waals surface area (Å²) in [6.45, 7) is 0. The van der Waals surface area contributed by atoms with Gasteiger partial charge in [0, 0.05) is 17.5 Å². The van der Waals surface area contributed by atoms with Crippen LogP contribution >= 0.6 is 0 Å². The molecule has 1 heterocycles. The number of fused-ring (bicyclic) bond motifs is 1. The molecule has 1 aliphatic carbocycles. The molecule has 0 bridgehead atoms. The minimum atomic E-state index is 1.09. The highest BCUT2D eigenvalue weighted by atomic mass is 14.8. The molecule has 2 aliphatic rings. The van der Waals surface area contributed by atoms with Crippen LogP contribution in [-0.2, 0) is 0 Å². The summed E-state index contributed by atoms with van der Waals surface area (Å²) in [5.41, 5.74) is 2.22. The second kappa shape index (κ2) is 1.58. The molecule has 0 atom stereocenters. The lowest BCUT2D eigenvalue weighted by molar-refractivity contribution is 1.16. The van der Waals surface area contributed by atoms with Gasteiger partial charge in [-0.2, -0.15) is 0 Å². The minimum absolute atomic E-state index is 1.09. The molecule has 0 fully saturated rings. The van der Waals surface area contributed by atoms with E-state index in [4.69, 9.17) is 0 Å². The first-order valence-corrected chi connectivity index (χ1v) is 2.76. The van der Waals surface area contributed by atoms with Crippen LogP contribution in [0.25, 0.3) is 11.3 Å². The van der Waals surface area contributed by atoms with E-state index in [0.29, 0.717) is 0 Å². The highest BCUT2D eigenvalue weighted by molar-refractivity contribution is 5.59. The highest BCUT2D eigenvalue weighted by Crippen LogP contribution is 2.16. The fourth-order valence-electron chi connectivity index (χ4n) is 0.855. The molecule has 0 aromatic heterocycles. The smallest absolute Gasteiger partial charge is 0.173 e. The molecule has 0 spiro atoms. The normalized spacial score (nSPS) is 10.2. The van der Waals surface area contributed by atoms with Gasteiger partial charge < -0.3 is 4.98 Å². The second-order valence-corrected chi connectivity index (χ2v) is 1.89. The third kappa shape index (κ3) is 0.598. The maximum atomic E-state index is 3.80. The van der Waals surface area contributed by atoms with E-state index in [-0.39, 0.29) is 0 Å². The van der Waals surface area contributed by atoms with E-state index >= 15 is 0 Å². The molecule has 0 amide bonds. The fourth-order valence-corrected chi connectivity index (χ4v) is 0.855. The monoisotopic (exact) mass is 117 g/mol. The standard InChI is InChI=1S/C7H5N2/c1-2-6-4-8-5-9-7(6)3-1/h1-4H,(H,8,9). The van der Waals surface area contributed by atoms with Gasteiger partial charge in [0.25, 0.3) is 0 Å². The van der Waals surface area contributed by atoms with Gasteiger partial charge in [-0.05, 0) is 6.07 Å². The Morgan fingerprint density at radius 2 is 2.44 bits per heavy atom. The van der Waals surface area contributed by atoms with E-state index in [1.54, 1.807) is 6.20 Å². The molecule has 2 rings (SSSR count). The Hall–Kier alpha value is -1.31. The predicted octanol–water partition coefficient (Wildman–Crippen LogP) is 1.31. The number of rotatable bonds is 0. The van der Waals surface area contributed by atoms with Crippen molar-refractivity contribution >= 4 is 0 Å². The number of hydrogen-bond donors (Lipinski definition) is 1. The van der Waals surface area contributed by atoms with E-state index in [0.717, 1.165) is 11.3 Å². The molecular formula is C7H5N2. The molecule has 43 valence electrons. The summed E-state index contributed by atoms with van der Waals surface area (Å²) in [6, 6.07) is 5.98. The van der Waals surface area contributed by atoms with Gasteiger partial charge in [0.05, 0.1) is 0 Å². The second-order valence-electron chi connectivity index (χ2n) is 1.89. The SMILES string of the molecule is [c]1ncc2cccc-2[nH]1. The van der Waals surface area contributed by atoms with Crippen molar-refractivity contribution in [1.82, 2.24) is 9.97 Å². The highest BCUT2D eigenvalue weighted by Gasteiger charge is 1.97. The first-order valence-electron chi connectivity index (χ1n) is 2.76. The third-order valence-electron chi connectivity index (χ3n) is 1.31. The largest absolute Gasteiger partial charge is 0.337 e. The summed E-state index contributed by atoms with van der Waals surface area (Å²) in [5, 5.41) is 0. The van der Waals surface area contributed by atoms with Crippen LogP contribution in [-0.4, -0.2) is 9.97 Å². The molecular weight excluding hydrogens is 112 g/mol. The quantitative estimate of drug-likeness (QED) is 0.553. The zero-order chi connectivity index (χ0) is 6.10. The van der Waals surface area contributed by atoms with Crippen LogP contribution in [0.15, 0.2) is 24.4 Å². The molecule has 0 saturated carbocycles. The van der Waals surface area contributed by atoms with E-state index < -0.39 is 0 Å². The Labute approximate surface area is 52.9 Å². The summed E-state index contributed by atoms with van der Waals surface area (Å²) >= 11 is 0. The molecule has 1 N–H and O–H groups in total. The van der Waals surface area contributed by atoms with Gasteiger partial charge in [-0.1, -0.05) is 12.1 Å². The lowest BCUT2D eigenvalue weighted by Gasteiger charge is -1.92. The Bertz CT molecular complexity index is 247. The maximum absolute atomic E-state index is 3.80. The lowest BCUT2D eigenvalue weighted by atomic mass is 10.3. The predicted molar refractivity (Wildman–Crippen MR) is 34.0 cm³/mol. The van der Waals surface area contributed by atoms with Crippen molar-refractivity contribution in [2.45, 2.75) is 0 Å². The van der Waals surface area contributed by atoms with Gasteiger partial charge in [0.1, 0.15) is 0 Å². The van der Waals surface area contributed by atoms with Crippen molar-refractivity contribution in [1.29, 1.82) is 0 Å². The first-order chi connectivity index (χ1) is 4.47. The molecule has 0 unspecified atom stereocenters.